The molecule has 1 N–H and O–H groups in total. The molecule has 3 aromatic rings. The molecule has 0 saturated carbocycles. The Hall–Kier alpha value is -2.99. The Kier molecular flexibility index (Phi) is 5.90. The van der Waals surface area contributed by atoms with Gasteiger partial charge >= 0.3 is 0 Å². The third-order valence-electron chi connectivity index (χ3n) is 4.41. The summed E-state index contributed by atoms with van der Waals surface area (Å²) in [7, 11) is -3.55. The zero-order valence-corrected chi connectivity index (χ0v) is 16.9. The number of pyridine rings is 1. The molecule has 0 saturated heterocycles. The molecule has 0 fully saturated rings. The summed E-state index contributed by atoms with van der Waals surface area (Å²) in [4.78, 5) is 4.78. The molecule has 2 aromatic carbocycles. The van der Waals surface area contributed by atoms with E-state index in [0.717, 1.165) is 17.0 Å². The van der Waals surface area contributed by atoms with Crippen molar-refractivity contribution in [2.45, 2.75) is 36.5 Å². The summed E-state index contributed by atoms with van der Waals surface area (Å²) in [5, 5.41) is 4.30. The van der Waals surface area contributed by atoms with Gasteiger partial charge in [-0.1, -0.05) is 32.0 Å². The minimum Gasteiger partial charge on any atom is -0.278 e. The van der Waals surface area contributed by atoms with Crippen molar-refractivity contribution in [1.29, 1.82) is 0 Å². The van der Waals surface area contributed by atoms with Crippen molar-refractivity contribution in [2.75, 3.05) is 5.43 Å². The smallest absolute Gasteiger partial charge is 0.206 e. The second-order valence-electron chi connectivity index (χ2n) is 6.78. The number of rotatable bonds is 6. The molecule has 28 heavy (non-hydrogen) atoms. The van der Waals surface area contributed by atoms with Gasteiger partial charge in [0.2, 0.25) is 9.84 Å². The lowest BCUT2D eigenvalue weighted by Gasteiger charge is -2.09. The second-order valence-corrected chi connectivity index (χ2v) is 8.73. The molecule has 3 rings (SSSR count). The van der Waals surface area contributed by atoms with Crippen LogP contribution in [0.2, 0.25) is 0 Å². The number of anilines is 1. The summed E-state index contributed by atoms with van der Waals surface area (Å²) < 4.78 is 25.6. The fourth-order valence-corrected chi connectivity index (χ4v) is 3.92. The summed E-state index contributed by atoms with van der Waals surface area (Å²) in [6.45, 7) is 6.01. The molecule has 0 radical (unpaired) electrons. The molecule has 1 aromatic heterocycles. The molecule has 0 atom stereocenters. The van der Waals surface area contributed by atoms with E-state index in [-0.39, 0.29) is 4.90 Å². The topological polar surface area (TPSA) is 71.4 Å². The van der Waals surface area contributed by atoms with Gasteiger partial charge in [-0.05, 0) is 66.9 Å². The van der Waals surface area contributed by atoms with Gasteiger partial charge in [-0.2, -0.15) is 5.10 Å². The van der Waals surface area contributed by atoms with Crippen molar-refractivity contribution < 1.29 is 8.42 Å². The SMILES string of the molecule is C/C(=N/Nc1ccc(S(=O)(=O)c2ccc(C(C)C)cc2)cc1)c1ccccn1. The highest BCUT2D eigenvalue weighted by Gasteiger charge is 2.17. The number of nitrogens with zero attached hydrogens (tertiary/aromatic N) is 2. The van der Waals surface area contributed by atoms with Crippen LogP contribution in [0.1, 0.15) is 37.9 Å². The van der Waals surface area contributed by atoms with Gasteiger partial charge in [-0.25, -0.2) is 8.42 Å². The number of hydrogen-bond acceptors (Lipinski definition) is 5. The molecule has 0 amide bonds. The number of benzene rings is 2. The molecule has 144 valence electrons. The molecule has 6 heteroatoms. The highest BCUT2D eigenvalue weighted by atomic mass is 32.2. The molecule has 1 heterocycles. The third kappa shape index (κ3) is 4.46. The number of hydrogen-bond donors (Lipinski definition) is 1. The van der Waals surface area contributed by atoms with Crippen LogP contribution in [0.3, 0.4) is 0 Å². The van der Waals surface area contributed by atoms with E-state index in [0.29, 0.717) is 16.5 Å². The minimum atomic E-state index is -3.55. The molecule has 0 unspecified atom stereocenters. The Labute approximate surface area is 166 Å². The molecular weight excluding hydrogens is 370 g/mol. The van der Waals surface area contributed by atoms with Crippen molar-refractivity contribution in [3.8, 4) is 0 Å². The van der Waals surface area contributed by atoms with Gasteiger partial charge in [0.15, 0.2) is 0 Å². The second kappa shape index (κ2) is 8.35. The first-order valence-corrected chi connectivity index (χ1v) is 10.5. The van der Waals surface area contributed by atoms with Crippen LogP contribution in [-0.2, 0) is 9.84 Å². The Morgan fingerprint density at radius 2 is 1.54 bits per heavy atom. The molecule has 0 aliphatic rings. The first kappa shape index (κ1) is 19.8. The van der Waals surface area contributed by atoms with Gasteiger partial charge in [-0.3, -0.25) is 10.4 Å². The van der Waals surface area contributed by atoms with Crippen molar-refractivity contribution >= 4 is 21.2 Å². The van der Waals surface area contributed by atoms with Crippen molar-refractivity contribution in [3.05, 3.63) is 84.2 Å². The Balaban J connectivity index is 1.76. The Morgan fingerprint density at radius 1 is 0.929 bits per heavy atom. The van der Waals surface area contributed by atoms with E-state index in [4.69, 9.17) is 0 Å². The highest BCUT2D eigenvalue weighted by Crippen LogP contribution is 2.24. The van der Waals surface area contributed by atoms with E-state index in [1.807, 2.05) is 37.3 Å². The van der Waals surface area contributed by atoms with E-state index >= 15 is 0 Å². The van der Waals surface area contributed by atoms with E-state index in [1.165, 1.54) is 0 Å². The first-order chi connectivity index (χ1) is 13.4. The Morgan fingerprint density at radius 3 is 2.07 bits per heavy atom. The summed E-state index contributed by atoms with van der Waals surface area (Å²) in [6.07, 6.45) is 1.71. The molecule has 0 spiro atoms. The predicted molar refractivity (Wildman–Crippen MR) is 112 cm³/mol. The van der Waals surface area contributed by atoms with E-state index in [2.05, 4.69) is 29.4 Å². The standard InChI is InChI=1S/C22H23N3O2S/c1-16(2)18-7-11-20(12-8-18)28(26,27)21-13-9-19(10-14-21)25-24-17(3)22-6-4-5-15-23-22/h4-16,25H,1-3H3/b24-17-. The summed E-state index contributed by atoms with van der Waals surface area (Å²) >= 11 is 0. The van der Waals surface area contributed by atoms with Crippen LogP contribution < -0.4 is 5.43 Å². The fourth-order valence-electron chi connectivity index (χ4n) is 2.66. The minimum absolute atomic E-state index is 0.251. The molecule has 0 aliphatic heterocycles. The average molecular weight is 394 g/mol. The lowest BCUT2D eigenvalue weighted by atomic mass is 10.0. The summed E-state index contributed by atoms with van der Waals surface area (Å²) in [6, 6.07) is 19.2. The van der Waals surface area contributed by atoms with Crippen LogP contribution in [0.25, 0.3) is 0 Å². The molecule has 0 bridgehead atoms. The first-order valence-electron chi connectivity index (χ1n) is 9.05. The van der Waals surface area contributed by atoms with Gasteiger partial charge in [0, 0.05) is 6.20 Å². The van der Waals surface area contributed by atoms with E-state index in [9.17, 15) is 8.42 Å². The normalized spacial score (nSPS) is 12.2. The van der Waals surface area contributed by atoms with Crippen molar-refractivity contribution in [1.82, 2.24) is 4.98 Å². The number of sulfone groups is 1. The summed E-state index contributed by atoms with van der Waals surface area (Å²) in [5.74, 6) is 0.359. The van der Waals surface area contributed by atoms with Gasteiger partial charge in [0.25, 0.3) is 0 Å². The molecular formula is C22H23N3O2S. The maximum Gasteiger partial charge on any atom is 0.206 e. The summed E-state index contributed by atoms with van der Waals surface area (Å²) in [5.41, 5.74) is 6.26. The van der Waals surface area contributed by atoms with Crippen LogP contribution in [0, 0.1) is 0 Å². The van der Waals surface area contributed by atoms with Gasteiger partial charge in [0.05, 0.1) is 26.9 Å². The van der Waals surface area contributed by atoms with Crippen LogP contribution in [0.4, 0.5) is 5.69 Å². The Bertz CT molecular complexity index is 1060. The highest BCUT2D eigenvalue weighted by molar-refractivity contribution is 7.91. The van der Waals surface area contributed by atoms with Crippen molar-refractivity contribution in [2.24, 2.45) is 5.10 Å². The number of aromatic nitrogens is 1. The molecule has 0 aliphatic carbocycles. The quantitative estimate of drug-likeness (QED) is 0.479. The average Bonchev–Trinajstić information content (AvgIpc) is 2.73. The zero-order valence-electron chi connectivity index (χ0n) is 16.1. The lowest BCUT2D eigenvalue weighted by molar-refractivity contribution is 0.596. The molecule has 5 nitrogen and oxygen atoms in total. The van der Waals surface area contributed by atoms with Gasteiger partial charge in [0.1, 0.15) is 0 Å². The van der Waals surface area contributed by atoms with Crippen LogP contribution in [-0.4, -0.2) is 19.1 Å². The van der Waals surface area contributed by atoms with E-state index < -0.39 is 9.84 Å². The van der Waals surface area contributed by atoms with Crippen LogP contribution in [0.5, 0.6) is 0 Å². The maximum absolute atomic E-state index is 12.8. The maximum atomic E-state index is 12.8. The van der Waals surface area contributed by atoms with Crippen LogP contribution in [0.15, 0.2) is 87.8 Å². The largest absolute Gasteiger partial charge is 0.278 e. The van der Waals surface area contributed by atoms with Crippen LogP contribution >= 0.6 is 0 Å². The number of nitrogens with one attached hydrogen (secondary N) is 1. The van der Waals surface area contributed by atoms with Crippen molar-refractivity contribution in [3.63, 3.8) is 0 Å². The van der Waals surface area contributed by atoms with Gasteiger partial charge in [-0.15, -0.1) is 0 Å². The van der Waals surface area contributed by atoms with E-state index in [1.54, 1.807) is 42.6 Å². The third-order valence-corrected chi connectivity index (χ3v) is 6.20. The zero-order chi connectivity index (χ0) is 20.1. The lowest BCUT2D eigenvalue weighted by Crippen LogP contribution is -2.03. The predicted octanol–water partition coefficient (Wildman–Crippen LogP) is 4.87. The fraction of sp³-hybridized carbons (Fsp3) is 0.182. The van der Waals surface area contributed by atoms with Gasteiger partial charge < -0.3 is 0 Å². The number of hydrazone groups is 1. The monoisotopic (exact) mass is 393 g/mol.